The van der Waals surface area contributed by atoms with Gasteiger partial charge in [-0.25, -0.2) is 0 Å². The monoisotopic (exact) mass is 337 g/mol. The van der Waals surface area contributed by atoms with Gasteiger partial charge in [-0.3, -0.25) is 9.48 Å². The van der Waals surface area contributed by atoms with Crippen LogP contribution in [0.5, 0.6) is 0 Å². The number of hydrogen-bond acceptors (Lipinski definition) is 5. The number of amides is 1. The Labute approximate surface area is 144 Å². The number of nitrogens with zero attached hydrogens (tertiary/aromatic N) is 6. The number of piperidine rings is 1. The molecule has 0 saturated carbocycles. The Morgan fingerprint density at radius 2 is 2.12 bits per heavy atom. The van der Waals surface area contributed by atoms with Crippen LogP contribution in [0.1, 0.15) is 29.6 Å². The van der Waals surface area contributed by atoms with Crippen LogP contribution in [-0.4, -0.2) is 53.8 Å². The van der Waals surface area contributed by atoms with Crippen LogP contribution in [0.15, 0.2) is 42.7 Å². The number of hydrogen-bond donors (Lipinski definition) is 1. The molecule has 2 aromatic heterocycles. The van der Waals surface area contributed by atoms with E-state index in [1.165, 1.54) is 0 Å². The number of aromatic nitrogens is 6. The fourth-order valence-corrected chi connectivity index (χ4v) is 3.29. The Morgan fingerprint density at radius 3 is 2.84 bits per heavy atom. The van der Waals surface area contributed by atoms with Gasteiger partial charge in [0.15, 0.2) is 0 Å². The van der Waals surface area contributed by atoms with Gasteiger partial charge in [-0.1, -0.05) is 12.1 Å². The summed E-state index contributed by atoms with van der Waals surface area (Å²) in [5, 5.41) is 18.2. The Kier molecular flexibility index (Phi) is 4.24. The van der Waals surface area contributed by atoms with E-state index in [1.54, 1.807) is 6.20 Å². The topological polar surface area (TPSA) is 92.6 Å². The highest BCUT2D eigenvalue weighted by Crippen LogP contribution is 2.22. The molecule has 1 unspecified atom stereocenters. The summed E-state index contributed by atoms with van der Waals surface area (Å²) in [4.78, 5) is 15.0. The van der Waals surface area contributed by atoms with Crippen molar-refractivity contribution in [3.8, 4) is 11.4 Å². The lowest BCUT2D eigenvalue weighted by molar-refractivity contribution is 0.0584. The van der Waals surface area contributed by atoms with E-state index in [4.69, 9.17) is 0 Å². The molecule has 1 aliphatic rings. The number of H-pyrrole nitrogens is 1. The Bertz CT molecular complexity index is 811. The van der Waals surface area contributed by atoms with Crippen LogP contribution in [-0.2, 0) is 6.54 Å². The fourth-order valence-electron chi connectivity index (χ4n) is 3.29. The van der Waals surface area contributed by atoms with Gasteiger partial charge < -0.3 is 4.90 Å². The van der Waals surface area contributed by atoms with E-state index < -0.39 is 0 Å². The number of tetrazole rings is 1. The molecule has 0 bridgehead atoms. The smallest absolute Gasteiger partial charge is 0.254 e. The third kappa shape index (κ3) is 3.28. The first kappa shape index (κ1) is 15.5. The molecule has 1 aliphatic heterocycles. The highest BCUT2D eigenvalue weighted by Gasteiger charge is 2.27. The van der Waals surface area contributed by atoms with Crippen molar-refractivity contribution in [3.63, 3.8) is 0 Å². The molecule has 3 aromatic rings. The number of aromatic amines is 1. The first-order valence-electron chi connectivity index (χ1n) is 8.43. The molecule has 0 radical (unpaired) electrons. The average molecular weight is 337 g/mol. The maximum atomic E-state index is 13.0. The molecular weight excluding hydrogens is 318 g/mol. The standard InChI is InChI=1S/C17H19N7O/c25-17(14-7-5-13(6-8-14)16-19-21-22-20-16)24-11-2-1-4-15(24)12-23-10-3-9-18-23/h3,5-10,15H,1-2,4,11-12H2,(H,19,20,21,22). The summed E-state index contributed by atoms with van der Waals surface area (Å²) < 4.78 is 1.90. The average Bonchev–Trinajstić information content (AvgIpc) is 3.36. The van der Waals surface area contributed by atoms with E-state index in [-0.39, 0.29) is 11.9 Å². The van der Waals surface area contributed by atoms with Crippen LogP contribution in [0.3, 0.4) is 0 Å². The highest BCUT2D eigenvalue weighted by molar-refractivity contribution is 5.94. The van der Waals surface area contributed by atoms with Gasteiger partial charge in [0.1, 0.15) is 0 Å². The minimum Gasteiger partial charge on any atom is -0.334 e. The molecule has 8 nitrogen and oxygen atoms in total. The number of rotatable bonds is 4. The second-order valence-corrected chi connectivity index (χ2v) is 6.19. The first-order chi connectivity index (χ1) is 12.3. The summed E-state index contributed by atoms with van der Waals surface area (Å²) in [7, 11) is 0. The summed E-state index contributed by atoms with van der Waals surface area (Å²) >= 11 is 0. The van der Waals surface area contributed by atoms with Crippen molar-refractivity contribution in [2.75, 3.05) is 6.54 Å². The number of carbonyl (C=O) groups excluding carboxylic acids is 1. The SMILES string of the molecule is O=C(c1ccc(-c2nn[nH]n2)cc1)N1CCCCC1Cn1cccn1. The van der Waals surface area contributed by atoms with Crippen LogP contribution in [0.4, 0.5) is 0 Å². The van der Waals surface area contributed by atoms with E-state index in [0.717, 1.165) is 37.9 Å². The molecule has 0 aliphatic carbocycles. The van der Waals surface area contributed by atoms with Crippen molar-refractivity contribution in [1.82, 2.24) is 35.3 Å². The number of carbonyl (C=O) groups is 1. The number of nitrogens with one attached hydrogen (secondary N) is 1. The van der Waals surface area contributed by atoms with Crippen LogP contribution in [0.25, 0.3) is 11.4 Å². The zero-order chi connectivity index (χ0) is 17.1. The fraction of sp³-hybridized carbons (Fsp3) is 0.353. The molecule has 128 valence electrons. The maximum absolute atomic E-state index is 13.0. The lowest BCUT2D eigenvalue weighted by atomic mass is 10.0. The van der Waals surface area contributed by atoms with Crippen molar-refractivity contribution in [3.05, 3.63) is 48.3 Å². The van der Waals surface area contributed by atoms with Gasteiger partial charge in [-0.2, -0.15) is 10.3 Å². The molecule has 8 heteroatoms. The van der Waals surface area contributed by atoms with Gasteiger partial charge in [-0.05, 0) is 42.7 Å². The first-order valence-corrected chi connectivity index (χ1v) is 8.43. The summed E-state index contributed by atoms with van der Waals surface area (Å²) in [6.45, 7) is 1.52. The zero-order valence-corrected chi connectivity index (χ0v) is 13.7. The lowest BCUT2D eigenvalue weighted by Crippen LogP contribution is -2.45. The van der Waals surface area contributed by atoms with Gasteiger partial charge in [0.25, 0.3) is 5.91 Å². The summed E-state index contributed by atoms with van der Waals surface area (Å²) in [6.07, 6.45) is 6.91. The van der Waals surface area contributed by atoms with E-state index >= 15 is 0 Å². The maximum Gasteiger partial charge on any atom is 0.254 e. The number of likely N-dealkylation sites (tertiary alicyclic amines) is 1. The Hall–Kier alpha value is -3.03. The molecule has 4 rings (SSSR count). The van der Waals surface area contributed by atoms with Crippen LogP contribution in [0, 0.1) is 0 Å². The summed E-state index contributed by atoms with van der Waals surface area (Å²) in [5.41, 5.74) is 1.51. The third-order valence-corrected chi connectivity index (χ3v) is 4.58. The van der Waals surface area contributed by atoms with Gasteiger partial charge >= 0.3 is 0 Å². The van der Waals surface area contributed by atoms with Crippen molar-refractivity contribution in [2.45, 2.75) is 31.8 Å². The van der Waals surface area contributed by atoms with Crippen LogP contribution >= 0.6 is 0 Å². The van der Waals surface area contributed by atoms with Crippen molar-refractivity contribution in [2.24, 2.45) is 0 Å². The van der Waals surface area contributed by atoms with Gasteiger partial charge in [0.05, 0.1) is 12.6 Å². The molecule has 1 N–H and O–H groups in total. The van der Waals surface area contributed by atoms with E-state index in [9.17, 15) is 4.79 Å². The van der Waals surface area contributed by atoms with E-state index in [1.807, 2.05) is 46.1 Å². The minimum atomic E-state index is 0.0662. The molecule has 3 heterocycles. The van der Waals surface area contributed by atoms with Gasteiger partial charge in [0, 0.05) is 30.1 Å². The highest BCUT2D eigenvalue weighted by atomic mass is 16.2. The van der Waals surface area contributed by atoms with E-state index in [0.29, 0.717) is 11.4 Å². The van der Waals surface area contributed by atoms with Crippen molar-refractivity contribution < 1.29 is 4.79 Å². The molecule has 1 atom stereocenters. The quantitative estimate of drug-likeness (QED) is 0.783. The summed E-state index contributed by atoms with van der Waals surface area (Å²) in [5.74, 6) is 0.588. The van der Waals surface area contributed by atoms with Gasteiger partial charge in [0.2, 0.25) is 5.82 Å². The molecule has 1 saturated heterocycles. The molecule has 1 amide bonds. The normalized spacial score (nSPS) is 17.6. The Morgan fingerprint density at radius 1 is 1.24 bits per heavy atom. The zero-order valence-electron chi connectivity index (χ0n) is 13.7. The van der Waals surface area contributed by atoms with Gasteiger partial charge in [-0.15, -0.1) is 10.2 Å². The second-order valence-electron chi connectivity index (χ2n) is 6.19. The predicted octanol–water partition coefficient (Wildman–Crippen LogP) is 1.76. The van der Waals surface area contributed by atoms with Crippen molar-refractivity contribution >= 4 is 5.91 Å². The number of benzene rings is 1. The van der Waals surface area contributed by atoms with Crippen LogP contribution < -0.4 is 0 Å². The Balaban J connectivity index is 1.51. The minimum absolute atomic E-state index is 0.0662. The third-order valence-electron chi connectivity index (χ3n) is 4.58. The molecule has 1 fully saturated rings. The molecule has 1 aromatic carbocycles. The van der Waals surface area contributed by atoms with Crippen molar-refractivity contribution in [1.29, 1.82) is 0 Å². The predicted molar refractivity (Wildman–Crippen MR) is 90.5 cm³/mol. The van der Waals surface area contributed by atoms with Crippen LogP contribution in [0.2, 0.25) is 0 Å². The van der Waals surface area contributed by atoms with E-state index in [2.05, 4.69) is 25.7 Å². The second kappa shape index (κ2) is 6.84. The summed E-state index contributed by atoms with van der Waals surface area (Å²) in [6, 6.07) is 9.44. The molecule has 0 spiro atoms. The lowest BCUT2D eigenvalue weighted by Gasteiger charge is -2.35. The molecule has 25 heavy (non-hydrogen) atoms. The largest absolute Gasteiger partial charge is 0.334 e. The molecular formula is C17H19N7O.